The molecule has 0 spiro atoms. The number of esters is 1. The van der Waals surface area contributed by atoms with Crippen molar-refractivity contribution in [3.8, 4) is 0 Å². The Balaban J connectivity index is 2.39. The Morgan fingerprint density at radius 1 is 1.32 bits per heavy atom. The molecule has 0 aliphatic heterocycles. The molecular weight excluding hydrogens is 304 g/mol. The summed E-state index contributed by atoms with van der Waals surface area (Å²) in [6, 6.07) is 6.52. The van der Waals surface area contributed by atoms with Crippen molar-refractivity contribution in [1.29, 1.82) is 0 Å². The smallest absolute Gasteiger partial charge is 0.319 e. The van der Waals surface area contributed by atoms with Crippen LogP contribution in [0.4, 0.5) is 0 Å². The van der Waals surface area contributed by atoms with Gasteiger partial charge in [-0.15, -0.1) is 0 Å². The summed E-state index contributed by atoms with van der Waals surface area (Å²) in [7, 11) is 0. The molecule has 0 radical (unpaired) electrons. The van der Waals surface area contributed by atoms with Crippen LogP contribution in [-0.2, 0) is 16.0 Å². The van der Waals surface area contributed by atoms with E-state index in [1.807, 2.05) is 13.8 Å². The minimum atomic E-state index is -0.194. The lowest BCUT2D eigenvalue weighted by Crippen LogP contribution is -2.21. The van der Waals surface area contributed by atoms with Crippen molar-refractivity contribution in [2.75, 3.05) is 0 Å². The summed E-state index contributed by atoms with van der Waals surface area (Å²) in [4.78, 5) is 11.4. The number of carbonyl (C=O) groups is 1. The third-order valence-corrected chi connectivity index (χ3v) is 3.84. The van der Waals surface area contributed by atoms with E-state index in [9.17, 15) is 4.79 Å². The Morgan fingerprint density at radius 2 is 2.00 bits per heavy atom. The highest BCUT2D eigenvalue weighted by Crippen LogP contribution is 2.17. The number of hydrogen-bond donors (Lipinski definition) is 0. The second kappa shape index (κ2) is 7.68. The largest absolute Gasteiger partial charge is 0.462 e. The Kier molecular flexibility index (Phi) is 6.56. The molecule has 3 heteroatoms. The van der Waals surface area contributed by atoms with Gasteiger partial charge in [0.2, 0.25) is 0 Å². The van der Waals surface area contributed by atoms with Crippen molar-refractivity contribution in [1.82, 2.24) is 0 Å². The molecule has 19 heavy (non-hydrogen) atoms. The number of ether oxygens (including phenoxy) is 1. The Morgan fingerprint density at radius 3 is 2.58 bits per heavy atom. The lowest BCUT2D eigenvalue weighted by Gasteiger charge is -2.13. The van der Waals surface area contributed by atoms with Gasteiger partial charge >= 0.3 is 5.97 Å². The maximum absolute atomic E-state index is 11.6. The molecule has 0 aliphatic carbocycles. The molecule has 0 saturated heterocycles. The van der Waals surface area contributed by atoms with Gasteiger partial charge in [0.1, 0.15) is 4.83 Å². The van der Waals surface area contributed by atoms with Crippen molar-refractivity contribution in [2.24, 2.45) is 0 Å². The maximum Gasteiger partial charge on any atom is 0.319 e. The van der Waals surface area contributed by atoms with E-state index in [1.165, 1.54) is 16.7 Å². The fourth-order valence-corrected chi connectivity index (χ4v) is 2.45. The topological polar surface area (TPSA) is 26.3 Å². The summed E-state index contributed by atoms with van der Waals surface area (Å²) < 4.78 is 5.17. The van der Waals surface area contributed by atoms with Gasteiger partial charge in [-0.25, -0.2) is 0 Å². The SMILES string of the molecule is Cc1ccc(CCCC(Br)C(=O)OC(C)C)c(C)c1. The van der Waals surface area contributed by atoms with Crippen LogP contribution in [0.15, 0.2) is 18.2 Å². The number of halogens is 1. The Bertz CT molecular complexity index is 427. The normalized spacial score (nSPS) is 12.5. The highest BCUT2D eigenvalue weighted by molar-refractivity contribution is 9.10. The van der Waals surface area contributed by atoms with Gasteiger partial charge in [-0.1, -0.05) is 39.7 Å². The van der Waals surface area contributed by atoms with E-state index in [0.29, 0.717) is 0 Å². The zero-order valence-corrected chi connectivity index (χ0v) is 13.8. The molecule has 1 aromatic carbocycles. The van der Waals surface area contributed by atoms with E-state index in [-0.39, 0.29) is 16.9 Å². The molecule has 1 atom stereocenters. The molecule has 0 bridgehead atoms. The second-order valence-corrected chi connectivity index (χ2v) is 6.38. The first-order valence-electron chi connectivity index (χ1n) is 6.81. The number of alkyl halides is 1. The molecule has 1 aromatic rings. The van der Waals surface area contributed by atoms with Gasteiger partial charge in [-0.05, 0) is 58.1 Å². The Hall–Kier alpha value is -0.830. The first-order valence-corrected chi connectivity index (χ1v) is 7.72. The fraction of sp³-hybridized carbons (Fsp3) is 0.562. The summed E-state index contributed by atoms with van der Waals surface area (Å²) in [5.41, 5.74) is 3.98. The third-order valence-electron chi connectivity index (χ3n) is 3.01. The van der Waals surface area contributed by atoms with E-state index in [2.05, 4.69) is 48.0 Å². The van der Waals surface area contributed by atoms with Gasteiger partial charge in [0, 0.05) is 0 Å². The minimum absolute atomic E-state index is 0.0492. The average Bonchev–Trinajstić information content (AvgIpc) is 2.30. The van der Waals surface area contributed by atoms with Crippen LogP contribution in [0.3, 0.4) is 0 Å². The maximum atomic E-state index is 11.6. The second-order valence-electron chi connectivity index (χ2n) is 5.28. The number of benzene rings is 1. The van der Waals surface area contributed by atoms with Crippen LogP contribution in [0.25, 0.3) is 0 Å². The van der Waals surface area contributed by atoms with Gasteiger partial charge in [-0.2, -0.15) is 0 Å². The van der Waals surface area contributed by atoms with Crippen LogP contribution in [0.5, 0.6) is 0 Å². The molecule has 1 rings (SSSR count). The number of aryl methyl sites for hydroxylation is 3. The van der Waals surface area contributed by atoms with Crippen LogP contribution in [0.1, 0.15) is 43.4 Å². The van der Waals surface area contributed by atoms with Crippen LogP contribution >= 0.6 is 15.9 Å². The predicted molar refractivity (Wildman–Crippen MR) is 82.8 cm³/mol. The van der Waals surface area contributed by atoms with Crippen LogP contribution in [0.2, 0.25) is 0 Å². The van der Waals surface area contributed by atoms with Crippen molar-refractivity contribution < 1.29 is 9.53 Å². The predicted octanol–water partition coefficient (Wildman–Crippen LogP) is 4.34. The van der Waals surface area contributed by atoms with E-state index in [1.54, 1.807) is 0 Å². The van der Waals surface area contributed by atoms with Gasteiger partial charge in [0.05, 0.1) is 6.10 Å². The lowest BCUT2D eigenvalue weighted by atomic mass is 10.0. The molecule has 0 saturated carbocycles. The summed E-state index contributed by atoms with van der Waals surface area (Å²) in [6.07, 6.45) is 2.74. The van der Waals surface area contributed by atoms with Crippen LogP contribution in [0, 0.1) is 13.8 Å². The van der Waals surface area contributed by atoms with Gasteiger partial charge in [0.25, 0.3) is 0 Å². The quantitative estimate of drug-likeness (QED) is 0.574. The van der Waals surface area contributed by atoms with E-state index in [0.717, 1.165) is 19.3 Å². The molecule has 0 aliphatic rings. The van der Waals surface area contributed by atoms with Crippen molar-refractivity contribution >= 4 is 21.9 Å². The molecule has 0 N–H and O–H groups in total. The zero-order valence-electron chi connectivity index (χ0n) is 12.2. The van der Waals surface area contributed by atoms with Crippen molar-refractivity contribution in [3.63, 3.8) is 0 Å². The van der Waals surface area contributed by atoms with E-state index in [4.69, 9.17) is 4.74 Å². The van der Waals surface area contributed by atoms with Gasteiger partial charge in [0.15, 0.2) is 0 Å². The van der Waals surface area contributed by atoms with E-state index < -0.39 is 0 Å². The summed E-state index contributed by atoms with van der Waals surface area (Å²) >= 11 is 3.40. The summed E-state index contributed by atoms with van der Waals surface area (Å²) in [6.45, 7) is 7.98. The Labute approximate surface area is 124 Å². The van der Waals surface area contributed by atoms with E-state index >= 15 is 0 Å². The molecule has 106 valence electrons. The highest BCUT2D eigenvalue weighted by Gasteiger charge is 2.17. The minimum Gasteiger partial charge on any atom is -0.462 e. The summed E-state index contributed by atoms with van der Waals surface area (Å²) in [5.74, 6) is -0.157. The first-order chi connectivity index (χ1) is 8.90. The van der Waals surface area contributed by atoms with Crippen LogP contribution in [-0.4, -0.2) is 16.9 Å². The number of hydrogen-bond acceptors (Lipinski definition) is 2. The first kappa shape index (κ1) is 16.2. The molecule has 1 unspecified atom stereocenters. The van der Waals surface area contributed by atoms with Crippen molar-refractivity contribution in [2.45, 2.75) is 57.9 Å². The van der Waals surface area contributed by atoms with Gasteiger partial charge in [-0.3, -0.25) is 4.79 Å². The highest BCUT2D eigenvalue weighted by atomic mass is 79.9. The average molecular weight is 327 g/mol. The lowest BCUT2D eigenvalue weighted by molar-refractivity contribution is -0.146. The third kappa shape index (κ3) is 5.77. The summed E-state index contributed by atoms with van der Waals surface area (Å²) in [5, 5.41) is 0. The standard InChI is InChI=1S/C16H23BrO2/c1-11(2)19-16(18)15(17)7-5-6-14-9-8-12(3)10-13(14)4/h8-11,15H,5-7H2,1-4H3. The molecule has 0 aromatic heterocycles. The zero-order chi connectivity index (χ0) is 14.4. The molecule has 0 heterocycles. The monoisotopic (exact) mass is 326 g/mol. The van der Waals surface area contributed by atoms with Gasteiger partial charge < -0.3 is 4.74 Å². The molecule has 0 fully saturated rings. The molecular formula is C16H23BrO2. The number of rotatable bonds is 6. The fourth-order valence-electron chi connectivity index (χ4n) is 2.02. The molecule has 0 amide bonds. The van der Waals surface area contributed by atoms with Crippen molar-refractivity contribution in [3.05, 3.63) is 34.9 Å². The molecule has 2 nitrogen and oxygen atoms in total. The number of carbonyl (C=O) groups excluding carboxylic acids is 1. The van der Waals surface area contributed by atoms with Crippen LogP contribution < -0.4 is 0 Å².